The molecule has 158 valence electrons. The van der Waals surface area contributed by atoms with Crippen molar-refractivity contribution < 1.29 is 4.79 Å². The Labute approximate surface area is 186 Å². The molecule has 0 aliphatic carbocycles. The smallest absolute Gasteiger partial charge is 0.277 e. The summed E-state index contributed by atoms with van der Waals surface area (Å²) in [6, 6.07) is 7.64. The standard InChI is InChI=1S/C23H23ClN6O/c1-15-5-4-10-30(20(15)14-28-23-26-12-18(24)13-27-23)22(31)21-19(8-7-16(2)29-21)17-6-3-9-25-11-17/h3,6-9,11-15H,4-5,10H2,1-2H3,(H,26,27,28)/b20-14+/t15-/m1/s1. The number of nitrogens with one attached hydrogen (secondary N) is 1. The molecule has 4 heterocycles. The van der Waals surface area contributed by atoms with Crippen LogP contribution in [-0.2, 0) is 0 Å². The second-order valence-corrected chi connectivity index (χ2v) is 7.97. The Kier molecular flexibility index (Phi) is 6.23. The molecule has 8 heteroatoms. The van der Waals surface area contributed by atoms with Gasteiger partial charge in [-0.25, -0.2) is 15.0 Å². The molecule has 1 aliphatic heterocycles. The summed E-state index contributed by atoms with van der Waals surface area (Å²) >= 11 is 5.86. The first-order valence-corrected chi connectivity index (χ1v) is 10.5. The quantitative estimate of drug-likeness (QED) is 0.639. The molecule has 1 atom stereocenters. The lowest BCUT2D eigenvalue weighted by atomic mass is 9.95. The minimum atomic E-state index is -0.126. The molecule has 0 saturated carbocycles. The summed E-state index contributed by atoms with van der Waals surface area (Å²) in [4.78, 5) is 32.6. The van der Waals surface area contributed by atoms with E-state index in [0.717, 1.165) is 35.4 Å². The third-order valence-corrected chi connectivity index (χ3v) is 5.45. The molecule has 31 heavy (non-hydrogen) atoms. The highest BCUT2D eigenvalue weighted by molar-refractivity contribution is 6.30. The van der Waals surface area contributed by atoms with Gasteiger partial charge in [-0.3, -0.25) is 9.78 Å². The molecule has 4 rings (SSSR count). The molecular weight excluding hydrogens is 412 g/mol. The molecule has 0 bridgehead atoms. The number of anilines is 1. The largest absolute Gasteiger partial charge is 0.329 e. The SMILES string of the molecule is Cc1ccc(-c2cccnc2)c(C(=O)N2CCC[C@@H](C)/C2=C\Nc2ncc(Cl)cn2)n1. The number of carbonyl (C=O) groups is 1. The zero-order valence-corrected chi connectivity index (χ0v) is 18.2. The van der Waals surface area contributed by atoms with Crippen molar-refractivity contribution in [3.05, 3.63) is 77.4 Å². The maximum Gasteiger partial charge on any atom is 0.277 e. The van der Waals surface area contributed by atoms with Gasteiger partial charge < -0.3 is 10.2 Å². The van der Waals surface area contributed by atoms with Crippen LogP contribution in [-0.4, -0.2) is 37.3 Å². The molecule has 3 aromatic heterocycles. The predicted molar refractivity (Wildman–Crippen MR) is 120 cm³/mol. The number of aryl methyl sites for hydroxylation is 1. The van der Waals surface area contributed by atoms with Crippen molar-refractivity contribution in [1.82, 2.24) is 24.8 Å². The number of amides is 1. The Morgan fingerprint density at radius 1 is 1.23 bits per heavy atom. The van der Waals surface area contributed by atoms with Gasteiger partial charge in [0.15, 0.2) is 0 Å². The normalized spacial score (nSPS) is 17.6. The fraction of sp³-hybridized carbons (Fsp3) is 0.261. The fourth-order valence-electron chi connectivity index (χ4n) is 3.67. The molecule has 0 spiro atoms. The average molecular weight is 435 g/mol. The lowest BCUT2D eigenvalue weighted by molar-refractivity contribution is 0.0756. The second kappa shape index (κ2) is 9.22. The zero-order chi connectivity index (χ0) is 21.8. The predicted octanol–water partition coefficient (Wildman–Crippen LogP) is 4.72. The van der Waals surface area contributed by atoms with E-state index in [2.05, 4.69) is 32.2 Å². The van der Waals surface area contributed by atoms with Crippen molar-refractivity contribution in [2.24, 2.45) is 5.92 Å². The zero-order valence-electron chi connectivity index (χ0n) is 17.4. The van der Waals surface area contributed by atoms with Gasteiger partial charge in [0, 0.05) is 47.7 Å². The van der Waals surface area contributed by atoms with Gasteiger partial charge in [0.2, 0.25) is 5.95 Å². The van der Waals surface area contributed by atoms with Crippen LogP contribution in [0.3, 0.4) is 0 Å². The van der Waals surface area contributed by atoms with E-state index in [1.165, 1.54) is 12.4 Å². The second-order valence-electron chi connectivity index (χ2n) is 7.53. The van der Waals surface area contributed by atoms with Crippen molar-refractivity contribution in [2.45, 2.75) is 26.7 Å². The lowest BCUT2D eigenvalue weighted by Crippen LogP contribution is -2.38. The fourth-order valence-corrected chi connectivity index (χ4v) is 3.76. The van der Waals surface area contributed by atoms with Crippen LogP contribution in [0, 0.1) is 12.8 Å². The summed E-state index contributed by atoms with van der Waals surface area (Å²) < 4.78 is 0. The Balaban J connectivity index is 1.68. The number of hydrogen-bond acceptors (Lipinski definition) is 6. The number of halogens is 1. The Bertz CT molecular complexity index is 1100. The van der Waals surface area contributed by atoms with Crippen molar-refractivity contribution in [3.63, 3.8) is 0 Å². The highest BCUT2D eigenvalue weighted by Gasteiger charge is 2.30. The van der Waals surface area contributed by atoms with Gasteiger partial charge in [-0.15, -0.1) is 0 Å². The molecule has 1 amide bonds. The van der Waals surface area contributed by atoms with Crippen LogP contribution in [0.4, 0.5) is 5.95 Å². The van der Waals surface area contributed by atoms with E-state index < -0.39 is 0 Å². The summed E-state index contributed by atoms with van der Waals surface area (Å²) in [5.41, 5.74) is 3.74. The molecular formula is C23H23ClN6O. The van der Waals surface area contributed by atoms with Gasteiger partial charge in [-0.2, -0.15) is 0 Å². The summed E-state index contributed by atoms with van der Waals surface area (Å²) in [7, 11) is 0. The van der Waals surface area contributed by atoms with Crippen molar-refractivity contribution in [2.75, 3.05) is 11.9 Å². The Morgan fingerprint density at radius 3 is 2.77 bits per heavy atom. The maximum absolute atomic E-state index is 13.7. The number of allylic oxidation sites excluding steroid dienone is 1. The van der Waals surface area contributed by atoms with Gasteiger partial charge in [-0.05, 0) is 37.8 Å². The topological polar surface area (TPSA) is 83.9 Å². The van der Waals surface area contributed by atoms with E-state index in [1.807, 2.05) is 37.4 Å². The number of piperidine rings is 1. The van der Waals surface area contributed by atoms with Crippen LogP contribution >= 0.6 is 11.6 Å². The number of nitrogens with zero attached hydrogens (tertiary/aromatic N) is 5. The minimum absolute atomic E-state index is 0.126. The van der Waals surface area contributed by atoms with Crippen LogP contribution in [0.1, 0.15) is 35.9 Å². The number of pyridine rings is 2. The van der Waals surface area contributed by atoms with E-state index in [1.54, 1.807) is 17.3 Å². The number of likely N-dealkylation sites (tertiary alicyclic amines) is 1. The van der Waals surface area contributed by atoms with E-state index >= 15 is 0 Å². The third kappa shape index (κ3) is 4.72. The first-order chi connectivity index (χ1) is 15.0. The first kappa shape index (κ1) is 20.9. The van der Waals surface area contributed by atoms with Crippen LogP contribution in [0.2, 0.25) is 5.02 Å². The molecule has 3 aromatic rings. The summed E-state index contributed by atoms with van der Waals surface area (Å²) in [6.07, 6.45) is 10.2. The van der Waals surface area contributed by atoms with Gasteiger partial charge in [0.05, 0.1) is 17.4 Å². The number of aromatic nitrogens is 4. The summed E-state index contributed by atoms with van der Waals surface area (Å²) in [5, 5.41) is 3.57. The van der Waals surface area contributed by atoms with Crippen LogP contribution in [0.15, 0.2) is 60.9 Å². The van der Waals surface area contributed by atoms with E-state index in [-0.39, 0.29) is 11.8 Å². The molecule has 1 N–H and O–H groups in total. The first-order valence-electron chi connectivity index (χ1n) is 10.2. The maximum atomic E-state index is 13.7. The molecule has 0 unspecified atom stereocenters. The molecule has 7 nitrogen and oxygen atoms in total. The molecule has 0 radical (unpaired) electrons. The van der Waals surface area contributed by atoms with Crippen LogP contribution in [0.5, 0.6) is 0 Å². The summed E-state index contributed by atoms with van der Waals surface area (Å²) in [6.45, 7) is 4.63. The minimum Gasteiger partial charge on any atom is -0.329 e. The molecule has 0 aromatic carbocycles. The monoisotopic (exact) mass is 434 g/mol. The van der Waals surface area contributed by atoms with Gasteiger partial charge in [0.25, 0.3) is 5.91 Å². The third-order valence-electron chi connectivity index (χ3n) is 5.26. The van der Waals surface area contributed by atoms with Gasteiger partial charge >= 0.3 is 0 Å². The van der Waals surface area contributed by atoms with Crippen LogP contribution in [0.25, 0.3) is 11.1 Å². The number of carbonyl (C=O) groups excluding carboxylic acids is 1. The highest BCUT2D eigenvalue weighted by Crippen LogP contribution is 2.30. The number of hydrogen-bond donors (Lipinski definition) is 1. The average Bonchev–Trinajstić information content (AvgIpc) is 2.79. The van der Waals surface area contributed by atoms with Crippen molar-refractivity contribution >= 4 is 23.5 Å². The van der Waals surface area contributed by atoms with Crippen molar-refractivity contribution in [3.8, 4) is 11.1 Å². The molecule has 1 aliphatic rings. The number of rotatable bonds is 4. The molecule has 1 fully saturated rings. The highest BCUT2D eigenvalue weighted by atomic mass is 35.5. The van der Waals surface area contributed by atoms with E-state index in [9.17, 15) is 4.79 Å². The van der Waals surface area contributed by atoms with Gasteiger partial charge in [0.1, 0.15) is 5.69 Å². The summed E-state index contributed by atoms with van der Waals surface area (Å²) in [5.74, 6) is 0.495. The molecule has 1 saturated heterocycles. The Hall–Kier alpha value is -3.32. The lowest BCUT2D eigenvalue weighted by Gasteiger charge is -2.34. The van der Waals surface area contributed by atoms with Gasteiger partial charge in [-0.1, -0.05) is 30.7 Å². The van der Waals surface area contributed by atoms with E-state index in [4.69, 9.17) is 11.6 Å². The van der Waals surface area contributed by atoms with Crippen molar-refractivity contribution in [1.29, 1.82) is 0 Å². The van der Waals surface area contributed by atoms with Crippen LogP contribution < -0.4 is 5.32 Å². The van der Waals surface area contributed by atoms with E-state index in [0.29, 0.717) is 23.2 Å². The Morgan fingerprint density at radius 2 is 2.03 bits per heavy atom.